The first kappa shape index (κ1) is 24.6. The number of amides is 2. The van der Waals surface area contributed by atoms with Gasteiger partial charge >= 0.3 is 0 Å². The molecule has 1 N–H and O–H groups in total. The van der Waals surface area contributed by atoms with Gasteiger partial charge in [0, 0.05) is 18.0 Å². The smallest absolute Gasteiger partial charge is 0.293 e. The van der Waals surface area contributed by atoms with E-state index in [9.17, 15) is 19.7 Å². The van der Waals surface area contributed by atoms with Crippen molar-refractivity contribution in [2.45, 2.75) is 6.92 Å². The van der Waals surface area contributed by atoms with E-state index in [1.54, 1.807) is 66.2 Å². The van der Waals surface area contributed by atoms with E-state index < -0.39 is 16.7 Å². The maximum absolute atomic E-state index is 13.5. The minimum absolute atomic E-state index is 0.0570. The Morgan fingerprint density at radius 3 is 2.37 bits per heavy atom. The Bertz CT molecular complexity index is 1610. The Kier molecular flexibility index (Phi) is 6.55. The molecule has 4 aromatic rings. The van der Waals surface area contributed by atoms with Gasteiger partial charge in [0.05, 0.1) is 10.6 Å². The molecule has 0 bridgehead atoms. The highest BCUT2D eigenvalue weighted by Crippen LogP contribution is 2.29. The molecular formula is C28H20N4O5S. The summed E-state index contributed by atoms with van der Waals surface area (Å²) < 4.78 is 7.36. The molecule has 3 aromatic carbocycles. The van der Waals surface area contributed by atoms with Gasteiger partial charge in [0.25, 0.3) is 17.5 Å². The predicted molar refractivity (Wildman–Crippen MR) is 146 cm³/mol. The molecule has 2 heterocycles. The van der Waals surface area contributed by atoms with E-state index in [1.807, 2.05) is 30.3 Å². The Balaban J connectivity index is 1.46. The van der Waals surface area contributed by atoms with Crippen LogP contribution in [0.2, 0.25) is 0 Å². The molecule has 5 rings (SSSR count). The van der Waals surface area contributed by atoms with E-state index in [2.05, 4.69) is 5.32 Å². The van der Waals surface area contributed by atoms with Gasteiger partial charge in [-0.15, -0.1) is 0 Å². The van der Waals surface area contributed by atoms with Gasteiger partial charge < -0.3 is 9.30 Å². The molecule has 9 nitrogen and oxygen atoms in total. The zero-order valence-corrected chi connectivity index (χ0v) is 20.8. The van der Waals surface area contributed by atoms with Crippen molar-refractivity contribution in [3.8, 4) is 17.2 Å². The highest BCUT2D eigenvalue weighted by Gasteiger charge is 2.35. The Hall–Kier alpha value is -5.09. The number of aryl methyl sites for hydroxylation is 1. The van der Waals surface area contributed by atoms with Crippen LogP contribution in [0.4, 0.5) is 11.4 Å². The molecule has 0 unspecified atom stereocenters. The minimum Gasteiger partial charge on any atom is -0.457 e. The number of nitro benzene ring substituents is 1. The molecular weight excluding hydrogens is 504 g/mol. The van der Waals surface area contributed by atoms with Crippen LogP contribution in [0.15, 0.2) is 96.7 Å². The van der Waals surface area contributed by atoms with Crippen LogP contribution in [0.1, 0.15) is 11.3 Å². The zero-order valence-electron chi connectivity index (χ0n) is 20.0. The fourth-order valence-corrected chi connectivity index (χ4v) is 4.32. The van der Waals surface area contributed by atoms with Crippen molar-refractivity contribution in [3.63, 3.8) is 0 Å². The van der Waals surface area contributed by atoms with Crippen molar-refractivity contribution in [3.05, 3.63) is 118 Å². The van der Waals surface area contributed by atoms with Crippen LogP contribution in [0, 0.1) is 17.0 Å². The standard InChI is InChI=1S/C28H20N4O5S/c1-18-9-14-24(25(16-18)32(35)36)30-15-5-6-20(30)17-23-26(33)29-28(38)31(27(23)34)19-10-12-22(13-11-19)37-21-7-3-2-4-8-21/h2-17H,1H3,(H,29,33,38). The fourth-order valence-electron chi connectivity index (χ4n) is 4.04. The molecule has 1 saturated heterocycles. The molecule has 38 heavy (non-hydrogen) atoms. The van der Waals surface area contributed by atoms with Gasteiger partial charge in [0.15, 0.2) is 5.11 Å². The number of para-hydroxylation sites is 1. The number of carbonyl (C=O) groups is 2. The van der Waals surface area contributed by atoms with E-state index in [0.29, 0.717) is 28.6 Å². The second-order valence-electron chi connectivity index (χ2n) is 8.42. The van der Waals surface area contributed by atoms with Crippen LogP contribution in [0.25, 0.3) is 11.8 Å². The van der Waals surface area contributed by atoms with Crippen LogP contribution in [-0.4, -0.2) is 26.4 Å². The zero-order chi connectivity index (χ0) is 26.8. The number of benzene rings is 3. The average Bonchev–Trinajstić information content (AvgIpc) is 3.36. The second-order valence-corrected chi connectivity index (χ2v) is 8.81. The summed E-state index contributed by atoms with van der Waals surface area (Å²) in [5.41, 5.74) is 1.63. The summed E-state index contributed by atoms with van der Waals surface area (Å²) in [7, 11) is 0. The van der Waals surface area contributed by atoms with Crippen molar-refractivity contribution in [2.24, 2.45) is 0 Å². The van der Waals surface area contributed by atoms with E-state index in [4.69, 9.17) is 17.0 Å². The molecule has 10 heteroatoms. The summed E-state index contributed by atoms with van der Waals surface area (Å²) in [6, 6.07) is 24.1. The lowest BCUT2D eigenvalue weighted by Gasteiger charge is -2.29. The highest BCUT2D eigenvalue weighted by atomic mass is 32.1. The molecule has 0 atom stereocenters. The van der Waals surface area contributed by atoms with Crippen LogP contribution < -0.4 is 15.0 Å². The summed E-state index contributed by atoms with van der Waals surface area (Å²) in [5, 5.41) is 14.2. The minimum atomic E-state index is -0.661. The molecule has 0 spiro atoms. The van der Waals surface area contributed by atoms with Gasteiger partial charge in [-0.2, -0.15) is 0 Å². The fraction of sp³-hybridized carbons (Fsp3) is 0.0357. The van der Waals surface area contributed by atoms with Crippen molar-refractivity contribution in [2.75, 3.05) is 4.90 Å². The van der Waals surface area contributed by atoms with E-state index in [1.165, 1.54) is 17.0 Å². The number of rotatable bonds is 6. The highest BCUT2D eigenvalue weighted by molar-refractivity contribution is 7.80. The normalized spacial score (nSPS) is 14.5. The van der Waals surface area contributed by atoms with Gasteiger partial charge in [-0.1, -0.05) is 24.3 Å². The number of nitrogens with zero attached hydrogens (tertiary/aromatic N) is 3. The number of ether oxygens (including phenoxy) is 1. The van der Waals surface area contributed by atoms with E-state index >= 15 is 0 Å². The van der Waals surface area contributed by atoms with E-state index in [0.717, 1.165) is 5.56 Å². The van der Waals surface area contributed by atoms with Crippen molar-refractivity contribution in [1.82, 2.24) is 9.88 Å². The van der Waals surface area contributed by atoms with Gasteiger partial charge in [-0.05, 0) is 85.4 Å². The summed E-state index contributed by atoms with van der Waals surface area (Å²) in [6.07, 6.45) is 3.02. The summed E-state index contributed by atoms with van der Waals surface area (Å²) in [5.74, 6) is -0.0557. The van der Waals surface area contributed by atoms with E-state index in [-0.39, 0.29) is 16.4 Å². The van der Waals surface area contributed by atoms with Gasteiger partial charge in [-0.25, -0.2) is 0 Å². The Morgan fingerprint density at radius 2 is 1.66 bits per heavy atom. The molecule has 2 amide bonds. The topological polar surface area (TPSA) is 107 Å². The first-order valence-electron chi connectivity index (χ1n) is 11.5. The van der Waals surface area contributed by atoms with Crippen LogP contribution in [0.5, 0.6) is 11.5 Å². The maximum Gasteiger partial charge on any atom is 0.293 e. The third-order valence-corrected chi connectivity index (χ3v) is 6.12. The number of carbonyl (C=O) groups excluding carboxylic acids is 2. The number of anilines is 1. The lowest BCUT2D eigenvalue weighted by molar-refractivity contribution is -0.384. The molecule has 1 aliphatic heterocycles. The molecule has 0 aliphatic carbocycles. The lowest BCUT2D eigenvalue weighted by Crippen LogP contribution is -2.54. The third-order valence-electron chi connectivity index (χ3n) is 5.84. The largest absolute Gasteiger partial charge is 0.457 e. The maximum atomic E-state index is 13.5. The van der Waals surface area contributed by atoms with Gasteiger partial charge in [-0.3, -0.25) is 29.9 Å². The van der Waals surface area contributed by atoms with Gasteiger partial charge in [0.1, 0.15) is 22.8 Å². The van der Waals surface area contributed by atoms with Gasteiger partial charge in [0.2, 0.25) is 0 Å². The monoisotopic (exact) mass is 524 g/mol. The molecule has 1 aromatic heterocycles. The van der Waals surface area contributed by atoms with Crippen LogP contribution in [-0.2, 0) is 9.59 Å². The number of aromatic nitrogens is 1. The SMILES string of the molecule is Cc1ccc(-n2cccc2C=C2C(=O)NC(=S)N(c3ccc(Oc4ccccc4)cc3)C2=O)c([N+](=O)[O-])c1. The molecule has 1 fully saturated rings. The molecule has 0 saturated carbocycles. The summed E-state index contributed by atoms with van der Waals surface area (Å²) in [4.78, 5) is 38.7. The first-order chi connectivity index (χ1) is 18.3. The predicted octanol–water partition coefficient (Wildman–Crippen LogP) is 5.32. The van der Waals surface area contributed by atoms with Crippen LogP contribution >= 0.6 is 12.2 Å². The Labute approximate surface area is 222 Å². The van der Waals surface area contributed by atoms with Crippen molar-refractivity contribution in [1.29, 1.82) is 0 Å². The Morgan fingerprint density at radius 1 is 0.947 bits per heavy atom. The first-order valence-corrected chi connectivity index (χ1v) is 11.9. The number of thiocarbonyl (C=S) groups is 1. The quantitative estimate of drug-likeness (QED) is 0.120. The summed E-state index contributed by atoms with van der Waals surface area (Å²) in [6.45, 7) is 1.76. The number of hydrogen-bond donors (Lipinski definition) is 1. The number of nitrogens with one attached hydrogen (secondary N) is 1. The molecule has 188 valence electrons. The van der Waals surface area contributed by atoms with Crippen molar-refractivity contribution >= 4 is 46.6 Å². The second kappa shape index (κ2) is 10.1. The third kappa shape index (κ3) is 4.80. The molecule has 0 radical (unpaired) electrons. The summed E-state index contributed by atoms with van der Waals surface area (Å²) >= 11 is 5.30. The van der Waals surface area contributed by atoms with Crippen molar-refractivity contribution < 1.29 is 19.2 Å². The lowest BCUT2D eigenvalue weighted by atomic mass is 10.1. The molecule has 1 aliphatic rings. The number of nitro groups is 1. The van der Waals surface area contributed by atoms with Crippen LogP contribution in [0.3, 0.4) is 0 Å². The average molecular weight is 525 g/mol. The number of hydrogen-bond acceptors (Lipinski definition) is 6.